The van der Waals surface area contributed by atoms with Gasteiger partial charge in [0, 0.05) is 17.9 Å². The summed E-state index contributed by atoms with van der Waals surface area (Å²) in [4.78, 5) is 0.377. The van der Waals surface area contributed by atoms with E-state index in [1.807, 2.05) is 31.2 Å². The first-order valence-corrected chi connectivity index (χ1v) is 8.57. The number of sulfone groups is 1. The largest absolute Gasteiger partial charge is 0.399 e. The topological polar surface area (TPSA) is 72.2 Å². The van der Waals surface area contributed by atoms with E-state index in [0.717, 1.165) is 16.9 Å². The molecule has 3 N–H and O–H groups in total. The molecule has 0 atom stereocenters. The highest BCUT2D eigenvalue weighted by Crippen LogP contribution is 2.17. The first kappa shape index (κ1) is 15.4. The molecule has 0 radical (unpaired) electrons. The lowest BCUT2D eigenvalue weighted by atomic mass is 10.2. The van der Waals surface area contributed by atoms with Crippen molar-refractivity contribution >= 4 is 21.2 Å². The minimum atomic E-state index is -3.14. The number of nitrogens with two attached hydrogens (primary N) is 1. The number of hydrogen-bond acceptors (Lipinski definition) is 4. The molecule has 0 bridgehead atoms. The monoisotopic (exact) mass is 304 g/mol. The summed E-state index contributed by atoms with van der Waals surface area (Å²) in [5.74, 6) is 0.186. The summed E-state index contributed by atoms with van der Waals surface area (Å²) in [6.45, 7) is 2.53. The highest BCUT2D eigenvalue weighted by molar-refractivity contribution is 7.91. The summed E-state index contributed by atoms with van der Waals surface area (Å²) < 4.78 is 23.8. The van der Waals surface area contributed by atoms with E-state index in [0.29, 0.717) is 17.9 Å². The molecule has 0 aromatic heterocycles. The van der Waals surface area contributed by atoms with Crippen molar-refractivity contribution in [3.05, 3.63) is 54.1 Å². The molecule has 2 aromatic carbocycles. The third kappa shape index (κ3) is 4.23. The summed E-state index contributed by atoms with van der Waals surface area (Å²) in [6.07, 6.45) is 0.624. The molecule has 0 amide bonds. The van der Waals surface area contributed by atoms with E-state index < -0.39 is 9.84 Å². The highest BCUT2D eigenvalue weighted by atomic mass is 32.2. The molecule has 0 unspecified atom stereocenters. The lowest BCUT2D eigenvalue weighted by Gasteiger charge is -2.08. The van der Waals surface area contributed by atoms with Crippen molar-refractivity contribution in [2.45, 2.75) is 24.8 Å². The van der Waals surface area contributed by atoms with Gasteiger partial charge in [-0.15, -0.1) is 0 Å². The molecule has 0 spiro atoms. The Bertz CT molecular complexity index is 677. The van der Waals surface area contributed by atoms with Crippen LogP contribution in [0, 0.1) is 0 Å². The van der Waals surface area contributed by atoms with Gasteiger partial charge >= 0.3 is 0 Å². The van der Waals surface area contributed by atoms with Crippen LogP contribution in [-0.4, -0.2) is 14.2 Å². The van der Waals surface area contributed by atoms with Crippen molar-refractivity contribution in [1.82, 2.24) is 0 Å². The van der Waals surface area contributed by atoms with Crippen LogP contribution in [0.25, 0.3) is 0 Å². The second-order valence-electron chi connectivity index (χ2n) is 4.94. The number of nitrogens with one attached hydrogen (secondary N) is 1. The number of nitrogen functional groups attached to an aromatic ring is 1. The molecule has 0 saturated carbocycles. The summed E-state index contributed by atoms with van der Waals surface area (Å²) in [5, 5.41) is 3.26. The fourth-order valence-electron chi connectivity index (χ4n) is 2.01. The lowest BCUT2D eigenvalue weighted by molar-refractivity contribution is 0.595. The van der Waals surface area contributed by atoms with E-state index in [1.54, 1.807) is 24.3 Å². The molecule has 21 heavy (non-hydrogen) atoms. The first-order chi connectivity index (χ1) is 10.0. The predicted octanol–water partition coefficient (Wildman–Crippen LogP) is 3.06. The van der Waals surface area contributed by atoms with Gasteiger partial charge < -0.3 is 11.1 Å². The summed E-state index contributed by atoms with van der Waals surface area (Å²) in [7, 11) is -3.14. The normalized spacial score (nSPS) is 11.3. The van der Waals surface area contributed by atoms with Crippen LogP contribution in [-0.2, 0) is 16.4 Å². The zero-order chi connectivity index (χ0) is 15.3. The van der Waals surface area contributed by atoms with E-state index in [2.05, 4.69) is 5.32 Å². The van der Waals surface area contributed by atoms with Crippen molar-refractivity contribution in [3.8, 4) is 0 Å². The minimum Gasteiger partial charge on any atom is -0.399 e. The molecule has 0 aliphatic heterocycles. The minimum absolute atomic E-state index is 0.186. The van der Waals surface area contributed by atoms with Crippen molar-refractivity contribution in [3.63, 3.8) is 0 Å². The maximum atomic E-state index is 11.9. The van der Waals surface area contributed by atoms with Gasteiger partial charge in [-0.3, -0.25) is 0 Å². The summed E-state index contributed by atoms with van der Waals surface area (Å²) >= 11 is 0. The molecule has 0 heterocycles. The number of benzene rings is 2. The van der Waals surface area contributed by atoms with Crippen LogP contribution >= 0.6 is 0 Å². The number of rotatable bonds is 6. The smallest absolute Gasteiger partial charge is 0.178 e. The second-order valence-corrected chi connectivity index (χ2v) is 7.05. The summed E-state index contributed by atoms with van der Waals surface area (Å²) in [5.41, 5.74) is 8.39. The third-order valence-corrected chi connectivity index (χ3v) is 5.10. The number of hydrogen-bond donors (Lipinski definition) is 2. The van der Waals surface area contributed by atoms with Gasteiger partial charge in [0.15, 0.2) is 9.84 Å². The molecular weight excluding hydrogens is 284 g/mol. The fraction of sp³-hybridized carbons (Fsp3) is 0.250. The van der Waals surface area contributed by atoms with Crippen LogP contribution in [0.2, 0.25) is 0 Å². The fourth-order valence-corrected chi connectivity index (χ4v) is 3.33. The van der Waals surface area contributed by atoms with Gasteiger partial charge in [-0.05, 0) is 48.4 Å². The van der Waals surface area contributed by atoms with Gasteiger partial charge in [0.05, 0.1) is 10.6 Å². The molecule has 112 valence electrons. The van der Waals surface area contributed by atoms with Gasteiger partial charge in [-0.25, -0.2) is 8.42 Å². The third-order valence-electron chi connectivity index (χ3n) is 3.16. The van der Waals surface area contributed by atoms with Crippen LogP contribution in [0.3, 0.4) is 0 Å². The molecule has 0 aliphatic rings. The van der Waals surface area contributed by atoms with Gasteiger partial charge in [0.25, 0.3) is 0 Å². The van der Waals surface area contributed by atoms with Gasteiger partial charge in [0.1, 0.15) is 0 Å². The molecule has 4 nitrogen and oxygen atoms in total. The Morgan fingerprint density at radius 3 is 2.19 bits per heavy atom. The molecule has 2 rings (SSSR count). The van der Waals surface area contributed by atoms with Crippen LogP contribution in [0.1, 0.15) is 18.9 Å². The number of anilines is 2. The predicted molar refractivity (Wildman–Crippen MR) is 87.0 cm³/mol. The standard InChI is InChI=1S/C16H20N2O2S/c1-2-11-21(19,20)16-9-7-15(8-10-16)18-12-13-3-5-14(17)6-4-13/h3-10,18H,2,11-12,17H2,1H3. The van der Waals surface area contributed by atoms with Gasteiger partial charge in [-0.1, -0.05) is 19.1 Å². The van der Waals surface area contributed by atoms with E-state index in [1.165, 1.54) is 0 Å². The molecular formula is C16H20N2O2S. The maximum absolute atomic E-state index is 11.9. The zero-order valence-corrected chi connectivity index (χ0v) is 12.9. The Hall–Kier alpha value is -2.01. The van der Waals surface area contributed by atoms with Gasteiger partial charge in [-0.2, -0.15) is 0 Å². The van der Waals surface area contributed by atoms with E-state index in [-0.39, 0.29) is 5.75 Å². The second kappa shape index (κ2) is 6.63. The van der Waals surface area contributed by atoms with Crippen LogP contribution in [0.15, 0.2) is 53.4 Å². The van der Waals surface area contributed by atoms with E-state index >= 15 is 0 Å². The Morgan fingerprint density at radius 1 is 1.00 bits per heavy atom. The SMILES string of the molecule is CCCS(=O)(=O)c1ccc(NCc2ccc(N)cc2)cc1. The average Bonchev–Trinajstić information content (AvgIpc) is 2.47. The molecule has 5 heteroatoms. The molecule has 0 saturated heterocycles. The lowest BCUT2D eigenvalue weighted by Crippen LogP contribution is -2.06. The molecule has 2 aromatic rings. The Kier molecular flexibility index (Phi) is 4.85. The quantitative estimate of drug-likeness (QED) is 0.805. The van der Waals surface area contributed by atoms with E-state index in [4.69, 9.17) is 5.73 Å². The Labute approximate surface area is 125 Å². The highest BCUT2D eigenvalue weighted by Gasteiger charge is 2.12. The van der Waals surface area contributed by atoms with Gasteiger partial charge in [0.2, 0.25) is 0 Å². The Morgan fingerprint density at radius 2 is 1.62 bits per heavy atom. The summed E-state index contributed by atoms with van der Waals surface area (Å²) in [6, 6.07) is 14.5. The van der Waals surface area contributed by atoms with Crippen LogP contribution in [0.5, 0.6) is 0 Å². The molecule has 0 aliphatic carbocycles. The molecule has 0 fully saturated rings. The van der Waals surface area contributed by atoms with Crippen LogP contribution < -0.4 is 11.1 Å². The van der Waals surface area contributed by atoms with Crippen molar-refractivity contribution in [2.24, 2.45) is 0 Å². The van der Waals surface area contributed by atoms with Crippen molar-refractivity contribution < 1.29 is 8.42 Å². The van der Waals surface area contributed by atoms with E-state index in [9.17, 15) is 8.42 Å². The first-order valence-electron chi connectivity index (χ1n) is 6.92. The average molecular weight is 304 g/mol. The zero-order valence-electron chi connectivity index (χ0n) is 12.0. The maximum Gasteiger partial charge on any atom is 0.178 e. The van der Waals surface area contributed by atoms with Crippen LogP contribution in [0.4, 0.5) is 11.4 Å². The Balaban J connectivity index is 2.01. The van der Waals surface area contributed by atoms with Crippen molar-refractivity contribution in [2.75, 3.05) is 16.8 Å². The van der Waals surface area contributed by atoms with Crippen molar-refractivity contribution in [1.29, 1.82) is 0 Å².